The molecular formula is C14H17NO4S. The van der Waals surface area contributed by atoms with Crippen LogP contribution in [-0.4, -0.2) is 29.2 Å². The molecule has 1 amide bonds. The molecule has 0 saturated carbocycles. The predicted octanol–water partition coefficient (Wildman–Crippen LogP) is 1.49. The second-order valence-electron chi connectivity index (χ2n) is 5.26. The number of nitrogens with one attached hydrogen (secondary N) is 1. The topological polar surface area (TPSA) is 75.6 Å². The fraction of sp³-hybridized carbons (Fsp3) is 0.571. The van der Waals surface area contributed by atoms with Gasteiger partial charge >= 0.3 is 5.97 Å². The molecule has 0 bridgehead atoms. The molecular weight excluding hydrogens is 278 g/mol. The van der Waals surface area contributed by atoms with Gasteiger partial charge < -0.3 is 15.2 Å². The Kier molecular flexibility index (Phi) is 3.76. The van der Waals surface area contributed by atoms with E-state index in [-0.39, 0.29) is 5.91 Å². The third-order valence-electron chi connectivity index (χ3n) is 3.82. The molecule has 1 aliphatic heterocycles. The molecule has 3 rings (SSSR count). The zero-order valence-electron chi connectivity index (χ0n) is 11.1. The smallest absolute Gasteiger partial charge is 0.332 e. The number of hydrogen-bond acceptors (Lipinski definition) is 4. The lowest BCUT2D eigenvalue weighted by Crippen LogP contribution is -2.35. The summed E-state index contributed by atoms with van der Waals surface area (Å²) in [4.78, 5) is 25.3. The minimum absolute atomic E-state index is 0.206. The average molecular weight is 295 g/mol. The normalized spacial score (nSPS) is 24.6. The summed E-state index contributed by atoms with van der Waals surface area (Å²) in [6.45, 7) is 0.508. The summed E-state index contributed by atoms with van der Waals surface area (Å²) in [5.74, 6) is -1.20. The van der Waals surface area contributed by atoms with E-state index < -0.39 is 18.2 Å². The molecule has 6 heteroatoms. The number of aliphatic carboxylic acids is 1. The molecule has 0 radical (unpaired) electrons. The van der Waals surface area contributed by atoms with Crippen LogP contribution in [0.15, 0.2) is 6.07 Å². The van der Waals surface area contributed by atoms with Crippen LogP contribution in [-0.2, 0) is 33.7 Å². The molecule has 0 aromatic carbocycles. The fourth-order valence-electron chi connectivity index (χ4n) is 2.78. The van der Waals surface area contributed by atoms with Gasteiger partial charge in [-0.05, 0) is 43.7 Å². The molecule has 0 unspecified atom stereocenters. The van der Waals surface area contributed by atoms with Crippen molar-refractivity contribution < 1.29 is 19.4 Å². The SMILES string of the molecule is O=C(NCc1cc2c(s1)CCC2)[C@@H]1CC[C@H](C(=O)O)O1. The van der Waals surface area contributed by atoms with Crippen molar-refractivity contribution in [3.8, 4) is 0 Å². The highest BCUT2D eigenvalue weighted by atomic mass is 32.1. The second-order valence-corrected chi connectivity index (χ2v) is 6.48. The van der Waals surface area contributed by atoms with Crippen LogP contribution >= 0.6 is 11.3 Å². The summed E-state index contributed by atoms with van der Waals surface area (Å²) in [6, 6.07) is 2.17. The Labute approximate surface area is 120 Å². The van der Waals surface area contributed by atoms with E-state index in [1.807, 2.05) is 0 Å². The molecule has 0 spiro atoms. The maximum atomic E-state index is 11.9. The number of carboxylic acid groups (broad SMARTS) is 1. The Balaban J connectivity index is 1.51. The number of fused-ring (bicyclic) bond motifs is 1. The van der Waals surface area contributed by atoms with Crippen LogP contribution in [0.2, 0.25) is 0 Å². The third-order valence-corrected chi connectivity index (χ3v) is 5.06. The van der Waals surface area contributed by atoms with Gasteiger partial charge in [-0.25, -0.2) is 4.79 Å². The Morgan fingerprint density at radius 2 is 2.15 bits per heavy atom. The molecule has 5 nitrogen and oxygen atoms in total. The summed E-state index contributed by atoms with van der Waals surface area (Å²) < 4.78 is 5.23. The van der Waals surface area contributed by atoms with E-state index in [0.29, 0.717) is 19.4 Å². The van der Waals surface area contributed by atoms with Gasteiger partial charge in [-0.2, -0.15) is 0 Å². The van der Waals surface area contributed by atoms with Crippen LogP contribution in [0.25, 0.3) is 0 Å². The van der Waals surface area contributed by atoms with E-state index in [1.165, 1.54) is 16.9 Å². The quantitative estimate of drug-likeness (QED) is 0.882. The van der Waals surface area contributed by atoms with Gasteiger partial charge in [0.15, 0.2) is 6.10 Å². The molecule has 1 aromatic heterocycles. The number of thiophene rings is 1. The number of aryl methyl sites for hydroxylation is 2. The molecule has 20 heavy (non-hydrogen) atoms. The molecule has 2 aliphatic rings. The Hall–Kier alpha value is -1.40. The van der Waals surface area contributed by atoms with Crippen molar-refractivity contribution in [3.05, 3.63) is 21.4 Å². The lowest BCUT2D eigenvalue weighted by Gasteiger charge is -2.11. The molecule has 1 aliphatic carbocycles. The summed E-state index contributed by atoms with van der Waals surface area (Å²) in [7, 11) is 0. The van der Waals surface area contributed by atoms with Crippen LogP contribution in [0.5, 0.6) is 0 Å². The van der Waals surface area contributed by atoms with E-state index >= 15 is 0 Å². The highest BCUT2D eigenvalue weighted by molar-refractivity contribution is 7.12. The molecule has 2 N–H and O–H groups in total. The zero-order valence-corrected chi connectivity index (χ0v) is 11.9. The van der Waals surface area contributed by atoms with Gasteiger partial charge in [0.25, 0.3) is 0 Å². The van der Waals surface area contributed by atoms with Crippen molar-refractivity contribution in [2.45, 2.75) is 50.9 Å². The number of hydrogen-bond donors (Lipinski definition) is 2. The Bertz CT molecular complexity index is 518. The highest BCUT2D eigenvalue weighted by Crippen LogP contribution is 2.30. The lowest BCUT2D eigenvalue weighted by molar-refractivity contribution is -0.151. The molecule has 1 saturated heterocycles. The van der Waals surface area contributed by atoms with Crippen molar-refractivity contribution >= 4 is 23.2 Å². The monoisotopic (exact) mass is 295 g/mol. The van der Waals surface area contributed by atoms with Crippen molar-refractivity contribution in [3.63, 3.8) is 0 Å². The first kappa shape index (κ1) is 13.6. The van der Waals surface area contributed by atoms with Crippen LogP contribution < -0.4 is 5.32 Å². The lowest BCUT2D eigenvalue weighted by atomic mass is 10.2. The first-order chi connectivity index (χ1) is 9.63. The average Bonchev–Trinajstić information content (AvgIpc) is 3.10. The fourth-order valence-corrected chi connectivity index (χ4v) is 3.98. The third kappa shape index (κ3) is 2.71. The first-order valence-electron chi connectivity index (χ1n) is 6.90. The Morgan fingerprint density at radius 1 is 1.35 bits per heavy atom. The maximum absolute atomic E-state index is 11.9. The zero-order chi connectivity index (χ0) is 14.1. The Morgan fingerprint density at radius 3 is 2.85 bits per heavy atom. The molecule has 1 fully saturated rings. The van der Waals surface area contributed by atoms with Crippen LogP contribution in [0.1, 0.15) is 34.6 Å². The highest BCUT2D eigenvalue weighted by Gasteiger charge is 2.34. The summed E-state index contributed by atoms with van der Waals surface area (Å²) in [5, 5.41) is 11.7. The number of amides is 1. The maximum Gasteiger partial charge on any atom is 0.332 e. The second kappa shape index (κ2) is 5.54. The van der Waals surface area contributed by atoms with E-state index in [9.17, 15) is 9.59 Å². The van der Waals surface area contributed by atoms with Gasteiger partial charge in [-0.15, -0.1) is 11.3 Å². The number of rotatable bonds is 4. The molecule has 2 atom stereocenters. The molecule has 1 aromatic rings. The van der Waals surface area contributed by atoms with Gasteiger partial charge in [0, 0.05) is 9.75 Å². The van der Waals surface area contributed by atoms with Crippen LogP contribution in [0.3, 0.4) is 0 Å². The minimum Gasteiger partial charge on any atom is -0.479 e. The number of ether oxygens (including phenoxy) is 1. The van der Waals surface area contributed by atoms with Crippen molar-refractivity contribution in [2.75, 3.05) is 0 Å². The van der Waals surface area contributed by atoms with Gasteiger partial charge in [0.2, 0.25) is 5.91 Å². The van der Waals surface area contributed by atoms with Crippen molar-refractivity contribution in [2.24, 2.45) is 0 Å². The van der Waals surface area contributed by atoms with E-state index in [4.69, 9.17) is 9.84 Å². The van der Waals surface area contributed by atoms with Gasteiger partial charge in [-0.1, -0.05) is 0 Å². The molecule has 108 valence electrons. The van der Waals surface area contributed by atoms with Gasteiger partial charge in [0.1, 0.15) is 6.10 Å². The standard InChI is InChI=1S/C14H17NO4S/c16-13(10-4-5-11(19-10)14(17)18)15-7-9-6-8-2-1-3-12(8)20-9/h6,10-11H,1-5,7H2,(H,15,16)(H,17,18)/t10-,11+/m0/s1. The number of carbonyl (C=O) groups excluding carboxylic acids is 1. The van der Waals surface area contributed by atoms with Crippen LogP contribution in [0, 0.1) is 0 Å². The predicted molar refractivity (Wildman–Crippen MR) is 73.7 cm³/mol. The summed E-state index contributed by atoms with van der Waals surface area (Å²) >= 11 is 1.76. The number of carbonyl (C=O) groups is 2. The van der Waals surface area contributed by atoms with E-state index in [2.05, 4.69) is 11.4 Å². The van der Waals surface area contributed by atoms with Gasteiger partial charge in [-0.3, -0.25) is 4.79 Å². The summed E-state index contributed by atoms with van der Waals surface area (Å²) in [5.41, 5.74) is 1.42. The van der Waals surface area contributed by atoms with Crippen molar-refractivity contribution in [1.82, 2.24) is 5.32 Å². The first-order valence-corrected chi connectivity index (χ1v) is 7.71. The summed E-state index contributed by atoms with van der Waals surface area (Å²) in [6.07, 6.45) is 2.95. The minimum atomic E-state index is -0.991. The van der Waals surface area contributed by atoms with E-state index in [1.54, 1.807) is 11.3 Å². The van der Waals surface area contributed by atoms with Crippen molar-refractivity contribution in [1.29, 1.82) is 0 Å². The largest absolute Gasteiger partial charge is 0.479 e. The van der Waals surface area contributed by atoms with Gasteiger partial charge in [0.05, 0.1) is 6.54 Å². The molecule has 2 heterocycles. The number of carboxylic acids is 1. The van der Waals surface area contributed by atoms with E-state index in [0.717, 1.165) is 17.7 Å². The van der Waals surface area contributed by atoms with Crippen LogP contribution in [0.4, 0.5) is 0 Å².